The Kier molecular flexibility index (Phi) is 3.21. The van der Waals surface area contributed by atoms with Crippen molar-refractivity contribution in [2.24, 2.45) is 5.73 Å². The van der Waals surface area contributed by atoms with Crippen LogP contribution in [0.3, 0.4) is 0 Å². The fourth-order valence-corrected chi connectivity index (χ4v) is 1.98. The lowest BCUT2D eigenvalue weighted by atomic mass is 10.1. The van der Waals surface area contributed by atoms with Crippen molar-refractivity contribution in [3.8, 4) is 10.8 Å². The van der Waals surface area contributed by atoms with Gasteiger partial charge in [0.15, 0.2) is 5.82 Å². The highest BCUT2D eigenvalue weighted by molar-refractivity contribution is 7.09. The second kappa shape index (κ2) is 4.50. The van der Waals surface area contributed by atoms with E-state index in [1.807, 2.05) is 13.8 Å². The van der Waals surface area contributed by atoms with Gasteiger partial charge in [-0.15, -0.1) is 5.10 Å². The minimum absolute atomic E-state index is 0.456. The molecule has 92 valence electrons. The molecule has 0 atom stereocenters. The van der Waals surface area contributed by atoms with Gasteiger partial charge in [0.1, 0.15) is 4.88 Å². The van der Waals surface area contributed by atoms with Gasteiger partial charge in [0.05, 0.1) is 11.2 Å². The molecule has 0 saturated carbocycles. The largest absolute Gasteiger partial charge is 0.333 e. The van der Waals surface area contributed by atoms with Crippen molar-refractivity contribution in [1.82, 2.24) is 19.7 Å². The Morgan fingerprint density at radius 3 is 2.76 bits per heavy atom. The van der Waals surface area contributed by atoms with E-state index in [4.69, 9.17) is 10.3 Å². The molecular formula is C10H15N5OS. The second-order valence-electron chi connectivity index (χ2n) is 4.44. The average Bonchev–Trinajstić information content (AvgIpc) is 2.82. The number of hydrogen-bond acceptors (Lipinski definition) is 7. The SMILES string of the molecule is CCCc1nnsc1-c1nc(C(C)(C)N)no1. The van der Waals surface area contributed by atoms with Crippen molar-refractivity contribution >= 4 is 11.5 Å². The van der Waals surface area contributed by atoms with Crippen LogP contribution in [-0.4, -0.2) is 19.7 Å². The zero-order chi connectivity index (χ0) is 12.5. The van der Waals surface area contributed by atoms with Crippen molar-refractivity contribution in [3.05, 3.63) is 11.5 Å². The molecule has 2 aromatic heterocycles. The average molecular weight is 253 g/mol. The molecule has 7 heteroatoms. The van der Waals surface area contributed by atoms with Crippen molar-refractivity contribution in [3.63, 3.8) is 0 Å². The van der Waals surface area contributed by atoms with E-state index in [-0.39, 0.29) is 0 Å². The van der Waals surface area contributed by atoms with Crippen LogP contribution in [0.15, 0.2) is 4.52 Å². The molecule has 2 heterocycles. The highest BCUT2D eigenvalue weighted by atomic mass is 32.1. The molecule has 2 aromatic rings. The summed E-state index contributed by atoms with van der Waals surface area (Å²) < 4.78 is 9.13. The smallest absolute Gasteiger partial charge is 0.271 e. The van der Waals surface area contributed by atoms with Crippen molar-refractivity contribution in [2.45, 2.75) is 39.2 Å². The maximum absolute atomic E-state index is 5.91. The number of hydrogen-bond donors (Lipinski definition) is 1. The van der Waals surface area contributed by atoms with E-state index in [0.717, 1.165) is 23.4 Å². The van der Waals surface area contributed by atoms with Gasteiger partial charge in [-0.1, -0.05) is 23.0 Å². The standard InChI is InChI=1S/C10H15N5OS/c1-4-5-6-7(17-15-13-6)8-12-9(14-16-8)10(2,3)11/h4-5,11H2,1-3H3. The molecule has 0 aliphatic rings. The van der Waals surface area contributed by atoms with Crippen LogP contribution in [0, 0.1) is 0 Å². The summed E-state index contributed by atoms with van der Waals surface area (Å²) in [5, 5.41) is 7.95. The quantitative estimate of drug-likeness (QED) is 0.892. The minimum atomic E-state index is -0.606. The summed E-state index contributed by atoms with van der Waals surface area (Å²) in [6.45, 7) is 5.75. The predicted octanol–water partition coefficient (Wildman–Crippen LogP) is 1.73. The van der Waals surface area contributed by atoms with Gasteiger partial charge < -0.3 is 10.3 Å². The molecule has 0 fully saturated rings. The number of nitrogens with two attached hydrogens (primary N) is 1. The summed E-state index contributed by atoms with van der Waals surface area (Å²) >= 11 is 1.27. The Labute approximate surface area is 103 Å². The van der Waals surface area contributed by atoms with Crippen LogP contribution in [0.1, 0.15) is 38.7 Å². The molecule has 0 aliphatic carbocycles. The molecule has 0 aliphatic heterocycles. The van der Waals surface area contributed by atoms with Crippen LogP contribution in [-0.2, 0) is 12.0 Å². The van der Waals surface area contributed by atoms with E-state index in [9.17, 15) is 0 Å². The summed E-state index contributed by atoms with van der Waals surface area (Å²) in [5.74, 6) is 0.945. The normalized spacial score (nSPS) is 12.0. The number of aryl methyl sites for hydroxylation is 1. The van der Waals surface area contributed by atoms with Gasteiger partial charge in [-0.25, -0.2) is 0 Å². The van der Waals surface area contributed by atoms with Crippen molar-refractivity contribution in [1.29, 1.82) is 0 Å². The van der Waals surface area contributed by atoms with E-state index >= 15 is 0 Å². The Bertz CT molecular complexity index is 499. The zero-order valence-electron chi connectivity index (χ0n) is 10.1. The molecule has 2 N–H and O–H groups in total. The van der Waals surface area contributed by atoms with Crippen LogP contribution >= 0.6 is 11.5 Å². The number of nitrogens with zero attached hydrogens (tertiary/aromatic N) is 4. The Hall–Kier alpha value is -1.34. The Morgan fingerprint density at radius 2 is 2.18 bits per heavy atom. The summed E-state index contributed by atoms with van der Waals surface area (Å²) in [7, 11) is 0. The monoisotopic (exact) mass is 253 g/mol. The fraction of sp³-hybridized carbons (Fsp3) is 0.600. The first-order valence-corrected chi connectivity index (χ1v) is 6.24. The first-order chi connectivity index (χ1) is 8.02. The molecule has 6 nitrogen and oxygen atoms in total. The second-order valence-corrected chi connectivity index (χ2v) is 5.20. The third-order valence-corrected chi connectivity index (χ3v) is 3.00. The lowest BCUT2D eigenvalue weighted by Crippen LogP contribution is -2.30. The van der Waals surface area contributed by atoms with Crippen molar-refractivity contribution < 1.29 is 4.52 Å². The molecule has 0 amide bonds. The van der Waals surface area contributed by atoms with Gasteiger partial charge in [-0.2, -0.15) is 4.98 Å². The number of rotatable bonds is 4. The molecule has 0 saturated heterocycles. The highest BCUT2D eigenvalue weighted by Gasteiger charge is 2.24. The Morgan fingerprint density at radius 1 is 1.41 bits per heavy atom. The molecule has 2 rings (SSSR count). The Balaban J connectivity index is 2.34. The van der Waals surface area contributed by atoms with Crippen molar-refractivity contribution in [2.75, 3.05) is 0 Å². The van der Waals surface area contributed by atoms with Crippen LogP contribution in [0.2, 0.25) is 0 Å². The summed E-state index contributed by atoms with van der Waals surface area (Å²) in [5.41, 5.74) is 6.21. The lowest BCUT2D eigenvalue weighted by molar-refractivity contribution is 0.397. The maximum Gasteiger partial charge on any atom is 0.271 e. The third-order valence-electron chi connectivity index (χ3n) is 2.24. The van der Waals surface area contributed by atoms with Crippen LogP contribution in [0.5, 0.6) is 0 Å². The predicted molar refractivity (Wildman–Crippen MR) is 64.4 cm³/mol. The van der Waals surface area contributed by atoms with Gasteiger partial charge in [0.25, 0.3) is 5.89 Å². The molecule has 0 unspecified atom stereocenters. The van der Waals surface area contributed by atoms with Gasteiger partial charge in [0, 0.05) is 0 Å². The molecule has 17 heavy (non-hydrogen) atoms. The fourth-order valence-electron chi connectivity index (χ4n) is 1.35. The van der Waals surface area contributed by atoms with Crippen LogP contribution < -0.4 is 5.73 Å². The van der Waals surface area contributed by atoms with E-state index in [1.54, 1.807) is 0 Å². The van der Waals surface area contributed by atoms with Gasteiger partial charge in [-0.05, 0) is 31.8 Å². The zero-order valence-corrected chi connectivity index (χ0v) is 10.9. The van der Waals surface area contributed by atoms with Gasteiger partial charge in [0.2, 0.25) is 0 Å². The lowest BCUT2D eigenvalue weighted by Gasteiger charge is -2.11. The van der Waals surface area contributed by atoms with Crippen LogP contribution in [0.25, 0.3) is 10.8 Å². The summed E-state index contributed by atoms with van der Waals surface area (Å²) in [4.78, 5) is 5.14. The van der Waals surface area contributed by atoms with E-state index < -0.39 is 5.54 Å². The number of aromatic nitrogens is 4. The maximum atomic E-state index is 5.91. The van der Waals surface area contributed by atoms with Crippen LogP contribution in [0.4, 0.5) is 0 Å². The molecular weight excluding hydrogens is 238 g/mol. The molecule has 0 radical (unpaired) electrons. The van der Waals surface area contributed by atoms with E-state index in [0.29, 0.717) is 11.7 Å². The molecule has 0 bridgehead atoms. The van der Waals surface area contributed by atoms with Gasteiger partial charge in [-0.3, -0.25) is 0 Å². The third kappa shape index (κ3) is 2.50. The van der Waals surface area contributed by atoms with Gasteiger partial charge >= 0.3 is 0 Å². The topological polar surface area (TPSA) is 90.7 Å². The summed E-state index contributed by atoms with van der Waals surface area (Å²) in [6, 6.07) is 0. The minimum Gasteiger partial charge on any atom is -0.333 e. The first kappa shape index (κ1) is 12.1. The first-order valence-electron chi connectivity index (χ1n) is 5.47. The summed E-state index contributed by atoms with van der Waals surface area (Å²) in [6.07, 6.45) is 1.86. The molecule has 0 aromatic carbocycles. The molecule has 0 spiro atoms. The highest BCUT2D eigenvalue weighted by Crippen LogP contribution is 2.26. The van der Waals surface area contributed by atoms with E-state index in [2.05, 4.69) is 26.7 Å². The van der Waals surface area contributed by atoms with E-state index in [1.165, 1.54) is 11.5 Å².